The van der Waals surface area contributed by atoms with Gasteiger partial charge in [0, 0.05) is 0 Å². The minimum atomic E-state index is 1.03. The van der Waals surface area contributed by atoms with E-state index in [4.69, 9.17) is 0 Å². The minimum Gasteiger partial charge on any atom is -0.0905 e. The van der Waals surface area contributed by atoms with Crippen molar-refractivity contribution in [3.05, 3.63) is 142 Å². The lowest BCUT2D eigenvalue weighted by Crippen LogP contribution is -2.13. The van der Waals surface area contributed by atoms with Crippen LogP contribution in [-0.4, -0.2) is 0 Å². The Morgan fingerprint density at radius 2 is 0.735 bits per heavy atom. The molecule has 0 atom stereocenters. The molecule has 0 spiro atoms. The van der Waals surface area contributed by atoms with Crippen LogP contribution in [0.1, 0.15) is 0 Å². The molecule has 0 aliphatic heterocycles. The Morgan fingerprint density at radius 3 is 1.15 bits per heavy atom. The van der Waals surface area contributed by atoms with Gasteiger partial charge in [0.1, 0.15) is 0 Å². The SMILES string of the molecule is C=c1c(-c2ccccc2)cc2ccccc2c1=c1c(=C)c(-c2ccccc2)cc2ccccc12. The summed E-state index contributed by atoms with van der Waals surface area (Å²) >= 11 is 0. The first kappa shape index (κ1) is 20.2. The van der Waals surface area contributed by atoms with Crippen molar-refractivity contribution in [1.29, 1.82) is 0 Å². The average Bonchev–Trinajstić information content (AvgIpc) is 2.90. The molecule has 0 bridgehead atoms. The Kier molecular flexibility index (Phi) is 4.86. The Hall–Kier alpha value is -4.42. The molecule has 0 aliphatic rings. The predicted molar refractivity (Wildman–Crippen MR) is 147 cm³/mol. The van der Waals surface area contributed by atoms with Crippen molar-refractivity contribution < 1.29 is 0 Å². The molecule has 0 saturated heterocycles. The minimum absolute atomic E-state index is 1.03. The summed E-state index contributed by atoms with van der Waals surface area (Å²) in [6, 6.07) is 42.8. The third-order valence-electron chi connectivity index (χ3n) is 6.73. The van der Waals surface area contributed by atoms with Gasteiger partial charge < -0.3 is 0 Å². The maximum Gasteiger partial charge on any atom is -0.00203 e. The summed E-state index contributed by atoms with van der Waals surface area (Å²) in [5.41, 5.74) is 4.66. The van der Waals surface area contributed by atoms with Gasteiger partial charge in [0.25, 0.3) is 0 Å². The van der Waals surface area contributed by atoms with Crippen molar-refractivity contribution in [2.75, 3.05) is 0 Å². The summed E-state index contributed by atoms with van der Waals surface area (Å²) in [5.74, 6) is 0. The molecular formula is C34H24. The number of benzene rings is 6. The molecule has 0 heterocycles. The van der Waals surface area contributed by atoms with Crippen LogP contribution in [0.5, 0.6) is 0 Å². The second-order valence-electron chi connectivity index (χ2n) is 8.73. The smallest absolute Gasteiger partial charge is 0.00203 e. The highest BCUT2D eigenvalue weighted by Gasteiger charge is 2.09. The number of fused-ring (bicyclic) bond motifs is 2. The summed E-state index contributed by atoms with van der Waals surface area (Å²) in [5, 5.41) is 9.21. The van der Waals surface area contributed by atoms with Crippen LogP contribution in [0, 0.1) is 10.4 Å². The highest BCUT2D eigenvalue weighted by Crippen LogP contribution is 2.26. The van der Waals surface area contributed by atoms with Gasteiger partial charge in [0.15, 0.2) is 0 Å². The standard InChI is InChI=1S/C34H24/c1-23-31(25-13-5-3-6-14-25)21-27-17-9-11-19-29(27)33(23)34-24(2)32(26-15-7-4-8-16-26)22-28-18-10-12-20-30(28)34/h3-22H,1-2H2. The van der Waals surface area contributed by atoms with Crippen LogP contribution in [0.25, 0.3) is 57.0 Å². The van der Waals surface area contributed by atoms with E-state index in [1.54, 1.807) is 0 Å². The van der Waals surface area contributed by atoms with Gasteiger partial charge in [-0.15, -0.1) is 0 Å². The lowest BCUT2D eigenvalue weighted by Gasteiger charge is -2.11. The van der Waals surface area contributed by atoms with Crippen molar-refractivity contribution in [3.8, 4) is 22.3 Å². The molecule has 0 N–H and O–H groups in total. The summed E-state index contributed by atoms with van der Waals surface area (Å²) in [4.78, 5) is 0. The van der Waals surface area contributed by atoms with Gasteiger partial charge in [-0.2, -0.15) is 0 Å². The van der Waals surface area contributed by atoms with Crippen LogP contribution in [-0.2, 0) is 0 Å². The summed E-state index contributed by atoms with van der Waals surface area (Å²) < 4.78 is 0. The maximum atomic E-state index is 4.65. The van der Waals surface area contributed by atoms with E-state index in [2.05, 4.69) is 134 Å². The van der Waals surface area contributed by atoms with Crippen molar-refractivity contribution in [1.82, 2.24) is 0 Å². The number of rotatable bonds is 2. The average molecular weight is 433 g/mol. The molecule has 0 heteroatoms. The second-order valence-corrected chi connectivity index (χ2v) is 8.73. The van der Waals surface area contributed by atoms with Crippen molar-refractivity contribution in [3.63, 3.8) is 0 Å². The van der Waals surface area contributed by atoms with Gasteiger partial charge in [-0.1, -0.05) is 122 Å². The van der Waals surface area contributed by atoms with E-state index in [0.717, 1.165) is 32.0 Å². The van der Waals surface area contributed by atoms with E-state index in [1.807, 2.05) is 0 Å². The van der Waals surface area contributed by atoms with E-state index in [9.17, 15) is 0 Å². The first-order chi connectivity index (χ1) is 16.7. The number of hydrogen-bond donors (Lipinski definition) is 0. The molecule has 0 nitrogen and oxygen atoms in total. The van der Waals surface area contributed by atoms with Crippen molar-refractivity contribution in [2.24, 2.45) is 0 Å². The topological polar surface area (TPSA) is 0 Å². The summed E-state index contributed by atoms with van der Waals surface area (Å²) in [6.07, 6.45) is 0. The molecule has 0 unspecified atom stereocenters. The van der Waals surface area contributed by atoms with Gasteiger partial charge in [0.05, 0.1) is 0 Å². The van der Waals surface area contributed by atoms with Gasteiger partial charge in [-0.25, -0.2) is 0 Å². The van der Waals surface area contributed by atoms with E-state index in [1.165, 1.54) is 32.7 Å². The third-order valence-corrected chi connectivity index (χ3v) is 6.73. The second kappa shape index (κ2) is 8.17. The molecule has 6 aromatic carbocycles. The van der Waals surface area contributed by atoms with Gasteiger partial charge in [0.2, 0.25) is 0 Å². The molecule has 0 amide bonds. The van der Waals surface area contributed by atoms with E-state index < -0.39 is 0 Å². The van der Waals surface area contributed by atoms with Crippen molar-refractivity contribution in [2.45, 2.75) is 0 Å². The molecular weight excluding hydrogens is 408 g/mol. The summed E-state index contributed by atoms with van der Waals surface area (Å²) in [6.45, 7) is 9.29. The molecule has 160 valence electrons. The fourth-order valence-electron chi connectivity index (χ4n) is 5.10. The normalized spacial score (nSPS) is 12.2. The Balaban J connectivity index is 1.95. The lowest BCUT2D eigenvalue weighted by molar-refractivity contribution is 1.47. The molecule has 6 aromatic rings. The van der Waals surface area contributed by atoms with Gasteiger partial charge >= 0.3 is 0 Å². The van der Waals surface area contributed by atoms with Gasteiger partial charge in [-0.05, 0) is 76.8 Å². The molecule has 0 radical (unpaired) electrons. The highest BCUT2D eigenvalue weighted by molar-refractivity contribution is 5.92. The summed E-state index contributed by atoms with van der Waals surface area (Å²) in [7, 11) is 0. The third kappa shape index (κ3) is 3.24. The molecule has 0 fully saturated rings. The van der Waals surface area contributed by atoms with Crippen LogP contribution >= 0.6 is 0 Å². The zero-order valence-corrected chi connectivity index (χ0v) is 19.0. The molecule has 0 aliphatic carbocycles. The van der Waals surface area contributed by atoms with Crippen LogP contribution in [0.15, 0.2) is 121 Å². The lowest BCUT2D eigenvalue weighted by atomic mass is 9.92. The molecule has 34 heavy (non-hydrogen) atoms. The first-order valence-corrected chi connectivity index (χ1v) is 11.6. The molecule has 0 saturated carbocycles. The van der Waals surface area contributed by atoms with Crippen LogP contribution < -0.4 is 10.4 Å². The molecule has 0 aromatic heterocycles. The Labute approximate surface area is 199 Å². The fourth-order valence-corrected chi connectivity index (χ4v) is 5.10. The Morgan fingerprint density at radius 1 is 0.382 bits per heavy atom. The van der Waals surface area contributed by atoms with E-state index >= 15 is 0 Å². The van der Waals surface area contributed by atoms with Crippen LogP contribution in [0.2, 0.25) is 0 Å². The van der Waals surface area contributed by atoms with Gasteiger partial charge in [-0.3, -0.25) is 0 Å². The quantitative estimate of drug-likeness (QED) is 0.267. The fraction of sp³-hybridized carbons (Fsp3) is 0. The largest absolute Gasteiger partial charge is 0.0905 e. The first-order valence-electron chi connectivity index (χ1n) is 11.6. The van der Waals surface area contributed by atoms with Crippen LogP contribution in [0.3, 0.4) is 0 Å². The Bertz CT molecular complexity index is 1720. The van der Waals surface area contributed by atoms with Crippen molar-refractivity contribution >= 4 is 34.7 Å². The zero-order chi connectivity index (χ0) is 23.1. The predicted octanol–water partition coefficient (Wildman–Crippen LogP) is 7.43. The molecule has 6 rings (SSSR count). The van der Waals surface area contributed by atoms with Crippen LogP contribution in [0.4, 0.5) is 0 Å². The highest BCUT2D eigenvalue weighted by atomic mass is 14.1. The number of hydrogen-bond acceptors (Lipinski definition) is 0. The monoisotopic (exact) mass is 432 g/mol. The zero-order valence-electron chi connectivity index (χ0n) is 19.0. The van der Waals surface area contributed by atoms with E-state index in [-0.39, 0.29) is 0 Å². The maximum absolute atomic E-state index is 4.65. The van der Waals surface area contributed by atoms with E-state index in [0.29, 0.717) is 0 Å².